The highest BCUT2D eigenvalue weighted by atomic mass is 35.5. The molecule has 128 valence electrons. The first-order valence-electron chi connectivity index (χ1n) is 8.11. The van der Waals surface area contributed by atoms with Crippen molar-refractivity contribution >= 4 is 17.5 Å². The lowest BCUT2D eigenvalue weighted by Crippen LogP contribution is -2.26. The third-order valence-electron chi connectivity index (χ3n) is 4.07. The van der Waals surface area contributed by atoms with Crippen molar-refractivity contribution in [2.75, 3.05) is 6.54 Å². The highest BCUT2D eigenvalue weighted by Gasteiger charge is 2.22. The molecule has 0 atom stereocenters. The molecule has 0 aliphatic carbocycles. The fourth-order valence-corrected chi connectivity index (χ4v) is 2.96. The van der Waals surface area contributed by atoms with Crippen LogP contribution in [0.5, 0.6) is 0 Å². The van der Waals surface area contributed by atoms with Crippen molar-refractivity contribution in [3.63, 3.8) is 0 Å². The first kappa shape index (κ1) is 17.2. The number of carbonyl (C=O) groups excluding carboxylic acids is 1. The average Bonchev–Trinajstić information content (AvgIpc) is 2.97. The molecule has 0 saturated carbocycles. The topological polar surface area (TPSA) is 55.1 Å². The second-order valence-electron chi connectivity index (χ2n) is 5.92. The van der Waals surface area contributed by atoms with Crippen LogP contribution < -0.4 is 5.32 Å². The number of hydrogen-bond acceptors (Lipinski definition) is 3. The number of benzene rings is 2. The Balaban J connectivity index is 1.75. The monoisotopic (exact) mass is 354 g/mol. The molecular formula is C20H19ClN2O2. The van der Waals surface area contributed by atoms with E-state index in [0.29, 0.717) is 35.0 Å². The number of aromatic nitrogens is 1. The molecule has 0 bridgehead atoms. The molecule has 0 unspecified atom stereocenters. The largest absolute Gasteiger partial charge is 0.355 e. The van der Waals surface area contributed by atoms with Gasteiger partial charge in [0.15, 0.2) is 5.76 Å². The van der Waals surface area contributed by atoms with Gasteiger partial charge in [0.1, 0.15) is 5.56 Å². The Morgan fingerprint density at radius 2 is 1.96 bits per heavy atom. The van der Waals surface area contributed by atoms with Gasteiger partial charge in [0.05, 0.1) is 5.69 Å². The maximum Gasteiger partial charge on any atom is 0.257 e. The van der Waals surface area contributed by atoms with Crippen molar-refractivity contribution in [1.82, 2.24) is 10.5 Å². The van der Waals surface area contributed by atoms with Crippen LogP contribution in [0.4, 0.5) is 0 Å². The molecule has 3 rings (SSSR count). The van der Waals surface area contributed by atoms with E-state index in [2.05, 4.69) is 10.5 Å². The standard InChI is InChI=1S/C20H19ClN2O2/c1-13-6-3-4-9-17(13)19-18(14(2)23-25-19)20(24)22-11-10-15-7-5-8-16(21)12-15/h3-9,12H,10-11H2,1-2H3,(H,22,24). The van der Waals surface area contributed by atoms with E-state index in [9.17, 15) is 4.79 Å². The van der Waals surface area contributed by atoms with E-state index in [1.165, 1.54) is 0 Å². The van der Waals surface area contributed by atoms with Crippen LogP contribution in [0, 0.1) is 13.8 Å². The third-order valence-corrected chi connectivity index (χ3v) is 4.30. The lowest BCUT2D eigenvalue weighted by molar-refractivity contribution is 0.0954. The van der Waals surface area contributed by atoms with Crippen LogP contribution in [0.1, 0.15) is 27.2 Å². The van der Waals surface area contributed by atoms with Crippen LogP contribution in [0.3, 0.4) is 0 Å². The summed E-state index contributed by atoms with van der Waals surface area (Å²) >= 11 is 5.98. The zero-order valence-electron chi connectivity index (χ0n) is 14.2. The maximum absolute atomic E-state index is 12.7. The summed E-state index contributed by atoms with van der Waals surface area (Å²) in [5, 5.41) is 7.62. The molecule has 2 aromatic carbocycles. The minimum atomic E-state index is -0.181. The fourth-order valence-electron chi connectivity index (χ4n) is 2.75. The quantitative estimate of drug-likeness (QED) is 0.729. The van der Waals surface area contributed by atoms with Crippen LogP contribution in [0.2, 0.25) is 5.02 Å². The minimum absolute atomic E-state index is 0.181. The number of rotatable bonds is 5. The van der Waals surface area contributed by atoms with Crippen molar-refractivity contribution < 1.29 is 9.32 Å². The van der Waals surface area contributed by atoms with E-state index in [0.717, 1.165) is 16.7 Å². The molecule has 1 amide bonds. The molecule has 4 nitrogen and oxygen atoms in total. The number of hydrogen-bond donors (Lipinski definition) is 1. The zero-order valence-corrected chi connectivity index (χ0v) is 14.9. The molecule has 0 radical (unpaired) electrons. The predicted octanol–water partition coefficient (Wildman–Crippen LogP) is 4.58. The zero-order chi connectivity index (χ0) is 17.8. The van der Waals surface area contributed by atoms with Gasteiger partial charge in [-0.1, -0.05) is 53.2 Å². The van der Waals surface area contributed by atoms with Gasteiger partial charge in [0, 0.05) is 17.1 Å². The van der Waals surface area contributed by atoms with Crippen molar-refractivity contribution in [2.24, 2.45) is 0 Å². The molecule has 0 fully saturated rings. The Bertz CT molecular complexity index is 902. The summed E-state index contributed by atoms with van der Waals surface area (Å²) < 4.78 is 5.44. The van der Waals surface area contributed by atoms with Gasteiger partial charge in [0.2, 0.25) is 0 Å². The Morgan fingerprint density at radius 1 is 1.16 bits per heavy atom. The fraction of sp³-hybridized carbons (Fsp3) is 0.200. The van der Waals surface area contributed by atoms with Gasteiger partial charge in [0.25, 0.3) is 5.91 Å². The number of nitrogens with one attached hydrogen (secondary N) is 1. The van der Waals surface area contributed by atoms with E-state index in [-0.39, 0.29) is 5.91 Å². The molecule has 0 saturated heterocycles. The van der Waals surface area contributed by atoms with Gasteiger partial charge in [-0.25, -0.2) is 0 Å². The number of nitrogens with zero attached hydrogens (tertiary/aromatic N) is 1. The lowest BCUT2D eigenvalue weighted by atomic mass is 10.0. The second-order valence-corrected chi connectivity index (χ2v) is 6.36. The first-order valence-corrected chi connectivity index (χ1v) is 8.49. The van der Waals surface area contributed by atoms with E-state index in [1.807, 2.05) is 55.5 Å². The van der Waals surface area contributed by atoms with E-state index >= 15 is 0 Å². The first-order chi connectivity index (χ1) is 12.1. The molecule has 0 aliphatic heterocycles. The molecule has 0 aliphatic rings. The van der Waals surface area contributed by atoms with Crippen LogP contribution in [0.25, 0.3) is 11.3 Å². The van der Waals surface area contributed by atoms with E-state index < -0.39 is 0 Å². The molecule has 5 heteroatoms. The van der Waals surface area contributed by atoms with Crippen molar-refractivity contribution in [3.8, 4) is 11.3 Å². The minimum Gasteiger partial charge on any atom is -0.355 e. The van der Waals surface area contributed by atoms with Crippen LogP contribution in [-0.2, 0) is 6.42 Å². The molecule has 1 aromatic heterocycles. The van der Waals surface area contributed by atoms with Crippen molar-refractivity contribution in [1.29, 1.82) is 0 Å². The van der Waals surface area contributed by atoms with Crippen LogP contribution in [-0.4, -0.2) is 17.6 Å². The normalized spacial score (nSPS) is 10.7. The van der Waals surface area contributed by atoms with Crippen molar-refractivity contribution in [2.45, 2.75) is 20.3 Å². The Labute approximate surface area is 151 Å². The molecule has 0 spiro atoms. The highest BCUT2D eigenvalue weighted by Crippen LogP contribution is 2.28. The summed E-state index contributed by atoms with van der Waals surface area (Å²) in [4.78, 5) is 12.7. The highest BCUT2D eigenvalue weighted by molar-refractivity contribution is 6.30. The number of amides is 1. The Hall–Kier alpha value is -2.59. The molecular weight excluding hydrogens is 336 g/mol. The van der Waals surface area contributed by atoms with Gasteiger partial charge in [-0.15, -0.1) is 0 Å². The van der Waals surface area contributed by atoms with Gasteiger partial charge in [-0.05, 0) is 43.5 Å². The summed E-state index contributed by atoms with van der Waals surface area (Å²) in [6, 6.07) is 15.4. The van der Waals surface area contributed by atoms with E-state index in [1.54, 1.807) is 6.92 Å². The van der Waals surface area contributed by atoms with Gasteiger partial charge in [-0.3, -0.25) is 4.79 Å². The summed E-state index contributed by atoms with van der Waals surface area (Å²) in [6.07, 6.45) is 0.705. The van der Waals surface area contributed by atoms with Gasteiger partial charge >= 0.3 is 0 Å². The number of halogens is 1. The van der Waals surface area contributed by atoms with E-state index in [4.69, 9.17) is 16.1 Å². The van der Waals surface area contributed by atoms with Gasteiger partial charge in [-0.2, -0.15) is 0 Å². The van der Waals surface area contributed by atoms with Crippen molar-refractivity contribution in [3.05, 3.63) is 75.9 Å². The second kappa shape index (κ2) is 7.53. The molecule has 1 N–H and O–H groups in total. The Morgan fingerprint density at radius 3 is 2.72 bits per heavy atom. The summed E-state index contributed by atoms with van der Waals surface area (Å²) in [6.45, 7) is 4.27. The summed E-state index contributed by atoms with van der Waals surface area (Å²) in [5.74, 6) is 0.329. The Kier molecular flexibility index (Phi) is 5.19. The number of aryl methyl sites for hydroxylation is 2. The SMILES string of the molecule is Cc1ccccc1-c1onc(C)c1C(=O)NCCc1cccc(Cl)c1. The smallest absolute Gasteiger partial charge is 0.257 e. The lowest BCUT2D eigenvalue weighted by Gasteiger charge is -2.07. The number of carbonyl (C=O) groups is 1. The molecule has 1 heterocycles. The van der Waals surface area contributed by atoms with Gasteiger partial charge < -0.3 is 9.84 Å². The average molecular weight is 355 g/mol. The third kappa shape index (κ3) is 3.91. The predicted molar refractivity (Wildman–Crippen MR) is 98.9 cm³/mol. The molecule has 3 aromatic rings. The molecule has 25 heavy (non-hydrogen) atoms. The summed E-state index contributed by atoms with van der Waals surface area (Å²) in [7, 11) is 0. The maximum atomic E-state index is 12.7. The summed E-state index contributed by atoms with van der Waals surface area (Å²) in [5.41, 5.74) is 4.06. The van der Waals surface area contributed by atoms with Crippen LogP contribution in [0.15, 0.2) is 53.1 Å². The van der Waals surface area contributed by atoms with Crippen LogP contribution >= 0.6 is 11.6 Å².